The number of nitrogens with zero attached hydrogens (tertiary/aromatic N) is 2. The van der Waals surface area contributed by atoms with Gasteiger partial charge in [-0.15, -0.1) is 0 Å². The van der Waals surface area contributed by atoms with Crippen molar-refractivity contribution in [3.63, 3.8) is 0 Å². The van der Waals surface area contributed by atoms with E-state index in [-0.39, 0.29) is 0 Å². The van der Waals surface area contributed by atoms with Crippen LogP contribution < -0.4 is 11.2 Å². The molecule has 0 aliphatic carbocycles. The van der Waals surface area contributed by atoms with E-state index >= 15 is 0 Å². The molecule has 0 bridgehead atoms. The maximum absolute atomic E-state index is 5.41. The Hall–Kier alpha value is -0.770. The second-order valence-electron chi connectivity index (χ2n) is 2.10. The molecule has 4 heteroatoms. The van der Waals surface area contributed by atoms with E-state index in [9.17, 15) is 0 Å². The highest BCUT2D eigenvalue weighted by Gasteiger charge is 2.03. The Kier molecular flexibility index (Phi) is 1.89. The molecule has 4 nitrogen and oxygen atoms in total. The van der Waals surface area contributed by atoms with E-state index < -0.39 is 0 Å². The molecule has 0 aromatic rings. The van der Waals surface area contributed by atoms with Gasteiger partial charge in [-0.3, -0.25) is 10.0 Å². The second-order valence-corrected chi connectivity index (χ2v) is 2.10. The summed E-state index contributed by atoms with van der Waals surface area (Å²) in [7, 11) is 1.77. The normalized spacial score (nSPS) is 18.2. The SMILES string of the molecule is CN(N)C1=NCCCN1. The van der Waals surface area contributed by atoms with Crippen molar-refractivity contribution in [3.8, 4) is 0 Å². The Balaban J connectivity index is 2.46. The summed E-state index contributed by atoms with van der Waals surface area (Å²) in [4.78, 5) is 4.14. The summed E-state index contributed by atoms with van der Waals surface area (Å²) in [5.74, 6) is 6.20. The number of hydrazine groups is 1. The van der Waals surface area contributed by atoms with E-state index in [1.165, 1.54) is 5.01 Å². The van der Waals surface area contributed by atoms with Gasteiger partial charge in [-0.05, 0) is 6.42 Å². The highest BCUT2D eigenvalue weighted by molar-refractivity contribution is 5.79. The van der Waals surface area contributed by atoms with Crippen molar-refractivity contribution in [2.24, 2.45) is 10.8 Å². The zero-order valence-corrected chi connectivity index (χ0v) is 5.59. The predicted octanol–water partition coefficient (Wildman–Crippen LogP) is -0.859. The summed E-state index contributed by atoms with van der Waals surface area (Å²) in [6.45, 7) is 1.88. The Morgan fingerprint density at radius 3 is 2.89 bits per heavy atom. The molecule has 0 fully saturated rings. The van der Waals surface area contributed by atoms with Gasteiger partial charge in [-0.2, -0.15) is 0 Å². The molecule has 1 heterocycles. The molecule has 0 atom stereocenters. The van der Waals surface area contributed by atoms with E-state index in [4.69, 9.17) is 5.84 Å². The van der Waals surface area contributed by atoms with Crippen molar-refractivity contribution >= 4 is 5.96 Å². The van der Waals surface area contributed by atoms with Crippen LogP contribution in [0, 0.1) is 0 Å². The molecule has 0 spiro atoms. The van der Waals surface area contributed by atoms with E-state index in [1.807, 2.05) is 0 Å². The number of hydrogen-bond donors (Lipinski definition) is 2. The van der Waals surface area contributed by atoms with Crippen LogP contribution in [-0.2, 0) is 0 Å². The maximum atomic E-state index is 5.41. The first-order chi connectivity index (χ1) is 4.30. The van der Waals surface area contributed by atoms with Crippen molar-refractivity contribution in [2.75, 3.05) is 20.1 Å². The zero-order valence-electron chi connectivity index (χ0n) is 5.59. The highest BCUT2D eigenvalue weighted by atomic mass is 15.5. The van der Waals surface area contributed by atoms with Gasteiger partial charge in [-0.1, -0.05) is 0 Å². The van der Waals surface area contributed by atoms with Crippen LogP contribution >= 0.6 is 0 Å². The molecule has 0 amide bonds. The summed E-state index contributed by atoms with van der Waals surface area (Å²) in [6, 6.07) is 0. The summed E-state index contributed by atoms with van der Waals surface area (Å²) in [6.07, 6.45) is 1.11. The molecular weight excluding hydrogens is 116 g/mol. The topological polar surface area (TPSA) is 53.6 Å². The van der Waals surface area contributed by atoms with Gasteiger partial charge in [0.25, 0.3) is 0 Å². The lowest BCUT2D eigenvalue weighted by Crippen LogP contribution is -2.45. The number of guanidine groups is 1. The van der Waals surface area contributed by atoms with Crippen molar-refractivity contribution in [3.05, 3.63) is 0 Å². The van der Waals surface area contributed by atoms with Crippen molar-refractivity contribution in [1.82, 2.24) is 10.3 Å². The quantitative estimate of drug-likeness (QED) is 0.330. The third-order valence-electron chi connectivity index (χ3n) is 1.21. The summed E-state index contributed by atoms with van der Waals surface area (Å²) in [5.41, 5.74) is 0. The highest BCUT2D eigenvalue weighted by Crippen LogP contribution is 1.88. The third kappa shape index (κ3) is 1.57. The van der Waals surface area contributed by atoms with Gasteiger partial charge in [0, 0.05) is 20.1 Å². The van der Waals surface area contributed by atoms with E-state index in [1.54, 1.807) is 7.05 Å². The lowest BCUT2D eigenvalue weighted by Gasteiger charge is -2.19. The molecule has 0 saturated heterocycles. The Morgan fingerprint density at radius 2 is 2.56 bits per heavy atom. The number of hydrogen-bond acceptors (Lipinski definition) is 4. The number of rotatable bonds is 0. The fourth-order valence-corrected chi connectivity index (χ4v) is 0.756. The third-order valence-corrected chi connectivity index (χ3v) is 1.21. The fraction of sp³-hybridized carbons (Fsp3) is 0.800. The molecular formula is C5H12N4. The molecule has 1 aliphatic rings. The average Bonchev–Trinajstić information content (AvgIpc) is 1.90. The smallest absolute Gasteiger partial charge is 0.208 e. The molecule has 0 radical (unpaired) electrons. The fourth-order valence-electron chi connectivity index (χ4n) is 0.756. The largest absolute Gasteiger partial charge is 0.355 e. The number of nitrogens with two attached hydrogens (primary N) is 1. The first kappa shape index (κ1) is 6.35. The van der Waals surface area contributed by atoms with Gasteiger partial charge >= 0.3 is 0 Å². The van der Waals surface area contributed by atoms with E-state index in [2.05, 4.69) is 10.3 Å². The minimum Gasteiger partial charge on any atom is -0.355 e. The first-order valence-corrected chi connectivity index (χ1v) is 3.07. The lowest BCUT2D eigenvalue weighted by atomic mass is 10.4. The van der Waals surface area contributed by atoms with Crippen LogP contribution in [0.2, 0.25) is 0 Å². The molecule has 0 aromatic heterocycles. The Labute approximate surface area is 54.7 Å². The number of nitrogens with one attached hydrogen (secondary N) is 1. The van der Waals surface area contributed by atoms with Crippen LogP contribution in [0.4, 0.5) is 0 Å². The molecule has 3 N–H and O–H groups in total. The van der Waals surface area contributed by atoms with Crippen LogP contribution in [-0.4, -0.2) is 31.1 Å². The molecule has 9 heavy (non-hydrogen) atoms. The van der Waals surface area contributed by atoms with Gasteiger partial charge in [0.1, 0.15) is 0 Å². The van der Waals surface area contributed by atoms with Crippen LogP contribution in [0.5, 0.6) is 0 Å². The lowest BCUT2D eigenvalue weighted by molar-refractivity contribution is 0.496. The minimum absolute atomic E-state index is 0.793. The van der Waals surface area contributed by atoms with E-state index in [0.29, 0.717) is 0 Å². The van der Waals surface area contributed by atoms with Gasteiger partial charge in [0.15, 0.2) is 0 Å². The van der Waals surface area contributed by atoms with Crippen LogP contribution in [0.1, 0.15) is 6.42 Å². The van der Waals surface area contributed by atoms with Crippen molar-refractivity contribution in [2.45, 2.75) is 6.42 Å². The van der Waals surface area contributed by atoms with Crippen LogP contribution in [0.3, 0.4) is 0 Å². The molecule has 1 rings (SSSR count). The molecule has 1 aliphatic heterocycles. The first-order valence-electron chi connectivity index (χ1n) is 3.07. The Bertz CT molecular complexity index is 118. The molecule has 0 saturated carbocycles. The summed E-state index contributed by atoms with van der Waals surface area (Å²) >= 11 is 0. The summed E-state index contributed by atoms with van der Waals surface area (Å²) in [5, 5.41) is 4.57. The van der Waals surface area contributed by atoms with Crippen molar-refractivity contribution < 1.29 is 0 Å². The average molecular weight is 128 g/mol. The Morgan fingerprint density at radius 1 is 1.78 bits per heavy atom. The zero-order chi connectivity index (χ0) is 6.69. The van der Waals surface area contributed by atoms with Gasteiger partial charge in [0.05, 0.1) is 0 Å². The van der Waals surface area contributed by atoms with Gasteiger partial charge in [0.2, 0.25) is 5.96 Å². The maximum Gasteiger partial charge on any atom is 0.208 e. The molecule has 52 valence electrons. The van der Waals surface area contributed by atoms with Crippen LogP contribution in [0.25, 0.3) is 0 Å². The molecule has 0 aromatic carbocycles. The second kappa shape index (κ2) is 2.68. The predicted molar refractivity (Wildman–Crippen MR) is 36.9 cm³/mol. The van der Waals surface area contributed by atoms with Crippen molar-refractivity contribution in [1.29, 1.82) is 0 Å². The van der Waals surface area contributed by atoms with Gasteiger partial charge in [-0.25, -0.2) is 5.84 Å². The molecule has 0 unspecified atom stereocenters. The minimum atomic E-state index is 0.793. The van der Waals surface area contributed by atoms with E-state index in [0.717, 1.165) is 25.5 Å². The van der Waals surface area contributed by atoms with Crippen LogP contribution in [0.15, 0.2) is 4.99 Å². The summed E-state index contributed by atoms with van der Waals surface area (Å²) < 4.78 is 0. The standard InChI is InChI=1S/C5H12N4/c1-9(6)5-7-3-2-4-8-5/h2-4,6H2,1H3,(H,7,8). The number of aliphatic imine (C=N–C) groups is 1. The monoisotopic (exact) mass is 128 g/mol. The van der Waals surface area contributed by atoms with Gasteiger partial charge < -0.3 is 5.32 Å².